The van der Waals surface area contributed by atoms with Crippen LogP contribution >= 0.6 is 0 Å². The first-order chi connectivity index (χ1) is 9.42. The van der Waals surface area contributed by atoms with Gasteiger partial charge in [-0.2, -0.15) is 35.4 Å². The van der Waals surface area contributed by atoms with Gasteiger partial charge in [0.25, 0.3) is 0 Å². The summed E-state index contributed by atoms with van der Waals surface area (Å²) >= 11 is 0. The molecule has 1 aliphatic carbocycles. The predicted molar refractivity (Wildman–Crippen MR) is 83.9 cm³/mol. The molecule has 0 aromatic heterocycles. The van der Waals surface area contributed by atoms with Crippen molar-refractivity contribution in [3.8, 4) is 0 Å². The Balaban J connectivity index is 0.000000283. The second-order valence-electron chi connectivity index (χ2n) is 5.55. The maximum Gasteiger partial charge on any atom is 2.00 e. The van der Waals surface area contributed by atoms with Crippen LogP contribution in [0.15, 0.2) is 48.5 Å². The van der Waals surface area contributed by atoms with Crippen molar-refractivity contribution in [1.82, 2.24) is 0 Å². The van der Waals surface area contributed by atoms with Crippen LogP contribution in [0.4, 0.5) is 0 Å². The maximum atomic E-state index is 2.36. The summed E-state index contributed by atoms with van der Waals surface area (Å²) in [5.74, 6) is 0.900. The van der Waals surface area contributed by atoms with Crippen molar-refractivity contribution in [2.45, 2.75) is 57.8 Å². The minimum Gasteiger partial charge on any atom is -0.214 e. The van der Waals surface area contributed by atoms with Crippen molar-refractivity contribution >= 4 is 0 Å². The standard InChI is InChI=1S/C14H21.C5H5.Fe/c1-2-3-7-12-10-6-11-14(12)13-8-4-5-9-13;1-2-4-5-3-1;/h6,10-11,13H,2-5,7-9H2,1H3;1-5H;/q2*-1;+2. The molecule has 1 fully saturated rings. The largest absolute Gasteiger partial charge is 2.00 e. The molecule has 0 saturated heterocycles. The Labute approximate surface area is 134 Å². The van der Waals surface area contributed by atoms with Crippen LogP contribution in [0.3, 0.4) is 0 Å². The van der Waals surface area contributed by atoms with E-state index >= 15 is 0 Å². The van der Waals surface area contributed by atoms with Crippen molar-refractivity contribution in [2.24, 2.45) is 0 Å². The van der Waals surface area contributed by atoms with E-state index in [1.165, 1.54) is 44.9 Å². The summed E-state index contributed by atoms with van der Waals surface area (Å²) in [6.07, 6.45) is 9.73. The van der Waals surface area contributed by atoms with Gasteiger partial charge >= 0.3 is 17.1 Å². The van der Waals surface area contributed by atoms with Gasteiger partial charge in [-0.05, 0) is 0 Å². The summed E-state index contributed by atoms with van der Waals surface area (Å²) in [6, 6.07) is 16.9. The summed E-state index contributed by atoms with van der Waals surface area (Å²) < 4.78 is 0. The summed E-state index contributed by atoms with van der Waals surface area (Å²) in [7, 11) is 0. The molecule has 110 valence electrons. The number of hydrogen-bond donors (Lipinski definition) is 0. The quantitative estimate of drug-likeness (QED) is 0.494. The molecule has 1 aliphatic rings. The molecule has 0 unspecified atom stereocenters. The monoisotopic (exact) mass is 310 g/mol. The Kier molecular flexibility index (Phi) is 8.65. The zero-order valence-corrected chi connectivity index (χ0v) is 13.6. The SMILES string of the molecule is CCCCc1ccc[c-]1C1CCCC1.[Fe+2].c1cc[cH-]c1. The van der Waals surface area contributed by atoms with Gasteiger partial charge in [-0.3, -0.25) is 0 Å². The van der Waals surface area contributed by atoms with Crippen molar-refractivity contribution in [1.29, 1.82) is 0 Å². The molecule has 0 N–H and O–H groups in total. The van der Waals surface area contributed by atoms with Gasteiger partial charge in [0.2, 0.25) is 0 Å². The molecule has 0 atom stereocenters. The summed E-state index contributed by atoms with van der Waals surface area (Å²) in [5, 5.41) is 0. The molecule has 20 heavy (non-hydrogen) atoms. The molecular weight excluding hydrogens is 284 g/mol. The van der Waals surface area contributed by atoms with Crippen molar-refractivity contribution in [2.75, 3.05) is 0 Å². The summed E-state index contributed by atoms with van der Waals surface area (Å²) in [4.78, 5) is 0. The Morgan fingerprint density at radius 2 is 1.85 bits per heavy atom. The summed E-state index contributed by atoms with van der Waals surface area (Å²) in [6.45, 7) is 2.28. The molecule has 0 amide bonds. The van der Waals surface area contributed by atoms with Gasteiger partial charge in [0, 0.05) is 0 Å². The predicted octanol–water partition coefficient (Wildman–Crippen LogP) is 5.81. The van der Waals surface area contributed by atoms with E-state index in [1.807, 2.05) is 30.3 Å². The van der Waals surface area contributed by atoms with Gasteiger partial charge in [0.05, 0.1) is 0 Å². The van der Waals surface area contributed by atoms with E-state index in [0.29, 0.717) is 0 Å². The van der Waals surface area contributed by atoms with Crippen LogP contribution < -0.4 is 0 Å². The Morgan fingerprint density at radius 3 is 2.40 bits per heavy atom. The van der Waals surface area contributed by atoms with Gasteiger partial charge in [-0.1, -0.05) is 57.8 Å². The first kappa shape index (κ1) is 17.3. The number of unbranched alkanes of at least 4 members (excludes halogenated alkanes) is 1. The average molecular weight is 310 g/mol. The van der Waals surface area contributed by atoms with Crippen LogP contribution in [0, 0.1) is 0 Å². The number of hydrogen-bond acceptors (Lipinski definition) is 0. The van der Waals surface area contributed by atoms with E-state index in [4.69, 9.17) is 0 Å². The fraction of sp³-hybridized carbons (Fsp3) is 0.474. The van der Waals surface area contributed by atoms with Gasteiger partial charge in [-0.15, -0.1) is 0 Å². The van der Waals surface area contributed by atoms with E-state index in [9.17, 15) is 0 Å². The second-order valence-corrected chi connectivity index (χ2v) is 5.55. The Bertz CT molecular complexity index is 401. The van der Waals surface area contributed by atoms with E-state index in [0.717, 1.165) is 5.92 Å². The van der Waals surface area contributed by atoms with Crippen LogP contribution in [-0.2, 0) is 23.5 Å². The average Bonchev–Trinajstić information content (AvgIpc) is 3.17. The van der Waals surface area contributed by atoms with Crippen molar-refractivity contribution < 1.29 is 17.1 Å². The van der Waals surface area contributed by atoms with Crippen molar-refractivity contribution in [3.63, 3.8) is 0 Å². The fourth-order valence-electron chi connectivity index (χ4n) is 3.02. The zero-order chi connectivity index (χ0) is 13.3. The molecule has 0 radical (unpaired) electrons. The minimum atomic E-state index is 0. The molecule has 2 aromatic carbocycles. The van der Waals surface area contributed by atoms with Crippen LogP contribution in [0.1, 0.15) is 62.5 Å². The van der Waals surface area contributed by atoms with Crippen LogP contribution in [0.25, 0.3) is 0 Å². The van der Waals surface area contributed by atoms with Crippen LogP contribution in [-0.4, -0.2) is 0 Å². The topological polar surface area (TPSA) is 0 Å². The molecule has 0 bridgehead atoms. The van der Waals surface area contributed by atoms with Gasteiger partial charge in [0.15, 0.2) is 0 Å². The van der Waals surface area contributed by atoms with E-state index in [1.54, 1.807) is 11.1 Å². The molecule has 3 rings (SSSR count). The molecule has 1 saturated carbocycles. The van der Waals surface area contributed by atoms with Crippen LogP contribution in [0.5, 0.6) is 0 Å². The normalized spacial score (nSPS) is 14.4. The van der Waals surface area contributed by atoms with E-state index in [-0.39, 0.29) is 17.1 Å². The molecule has 0 spiro atoms. The first-order valence-corrected chi connectivity index (χ1v) is 7.83. The first-order valence-electron chi connectivity index (χ1n) is 7.83. The van der Waals surface area contributed by atoms with Gasteiger partial charge in [0.1, 0.15) is 0 Å². The third kappa shape index (κ3) is 5.31. The molecule has 1 heteroatoms. The molecule has 0 heterocycles. The zero-order valence-electron chi connectivity index (χ0n) is 12.5. The van der Waals surface area contributed by atoms with E-state index < -0.39 is 0 Å². The fourth-order valence-corrected chi connectivity index (χ4v) is 3.02. The van der Waals surface area contributed by atoms with Crippen molar-refractivity contribution in [3.05, 3.63) is 59.7 Å². The third-order valence-corrected chi connectivity index (χ3v) is 4.09. The molecule has 2 aromatic rings. The molecule has 0 aliphatic heterocycles. The van der Waals surface area contributed by atoms with E-state index in [2.05, 4.69) is 25.1 Å². The number of rotatable bonds is 4. The van der Waals surface area contributed by atoms with Gasteiger partial charge in [-0.25, -0.2) is 24.3 Å². The van der Waals surface area contributed by atoms with Crippen LogP contribution in [0.2, 0.25) is 0 Å². The molecular formula is C19H26Fe. The molecule has 0 nitrogen and oxygen atoms in total. The summed E-state index contributed by atoms with van der Waals surface area (Å²) in [5.41, 5.74) is 3.31. The minimum absolute atomic E-state index is 0. The Morgan fingerprint density at radius 1 is 1.15 bits per heavy atom. The second kappa shape index (κ2) is 10.0. The maximum absolute atomic E-state index is 2.36. The smallest absolute Gasteiger partial charge is 0.214 e. The van der Waals surface area contributed by atoms with Gasteiger partial charge < -0.3 is 0 Å². The third-order valence-electron chi connectivity index (χ3n) is 4.09. The Hall–Kier alpha value is -0.781. The number of aryl methyl sites for hydroxylation is 1.